The van der Waals surface area contributed by atoms with Crippen LogP contribution in [0.2, 0.25) is 0 Å². The zero-order chi connectivity index (χ0) is 21.9. The maximum absolute atomic E-state index is 14.8. The van der Waals surface area contributed by atoms with Crippen molar-refractivity contribution in [2.45, 2.75) is 56.4 Å². The van der Waals surface area contributed by atoms with Crippen LogP contribution in [0.25, 0.3) is 0 Å². The van der Waals surface area contributed by atoms with Gasteiger partial charge in [0.05, 0.1) is 12.5 Å². The molecule has 1 aliphatic carbocycles. The van der Waals surface area contributed by atoms with Crippen LogP contribution in [-0.2, 0) is 29.3 Å². The number of hydrogen-bond acceptors (Lipinski definition) is 5. The minimum absolute atomic E-state index is 0.0430. The van der Waals surface area contributed by atoms with Crippen molar-refractivity contribution >= 4 is 23.7 Å². The number of ether oxygens (including phenoxy) is 1. The Balaban J connectivity index is 1.96. The number of imide groups is 1. The Morgan fingerprint density at radius 2 is 1.87 bits per heavy atom. The fourth-order valence-electron chi connectivity index (χ4n) is 4.50. The molecule has 0 aromatic heterocycles. The molecule has 1 atom stereocenters. The molecule has 2 fully saturated rings. The van der Waals surface area contributed by atoms with Crippen LogP contribution in [0, 0.1) is 5.82 Å². The first-order valence-corrected chi connectivity index (χ1v) is 10.2. The van der Waals surface area contributed by atoms with Gasteiger partial charge in [0.15, 0.2) is 0 Å². The van der Waals surface area contributed by atoms with Crippen molar-refractivity contribution in [1.29, 1.82) is 0 Å². The van der Waals surface area contributed by atoms with E-state index in [2.05, 4.69) is 4.74 Å². The van der Waals surface area contributed by atoms with Gasteiger partial charge in [-0.2, -0.15) is 0 Å². The molecule has 0 spiro atoms. The van der Waals surface area contributed by atoms with Gasteiger partial charge < -0.3 is 9.64 Å². The third-order valence-electron chi connectivity index (χ3n) is 6.15. The lowest BCUT2D eigenvalue weighted by Crippen LogP contribution is -2.47. The first kappa shape index (κ1) is 21.9. The average Bonchev–Trinajstić information content (AvgIpc) is 2.98. The van der Waals surface area contributed by atoms with Gasteiger partial charge in [0.25, 0.3) is 0 Å². The molecule has 0 radical (unpaired) electrons. The van der Waals surface area contributed by atoms with E-state index in [1.165, 1.54) is 37.3 Å². The van der Waals surface area contributed by atoms with Crippen LogP contribution in [-0.4, -0.2) is 60.2 Å². The zero-order valence-electron chi connectivity index (χ0n) is 17.4. The molecule has 1 heterocycles. The third kappa shape index (κ3) is 4.08. The van der Waals surface area contributed by atoms with Crippen molar-refractivity contribution < 1.29 is 28.3 Å². The smallest absolute Gasteiger partial charge is 0.325 e. The van der Waals surface area contributed by atoms with Crippen LogP contribution < -0.4 is 0 Å². The Morgan fingerprint density at radius 3 is 2.50 bits per heavy atom. The molecular formula is C22H27FN2O5. The van der Waals surface area contributed by atoms with Crippen LogP contribution >= 0.6 is 0 Å². The fraction of sp³-hybridized carbons (Fsp3) is 0.545. The lowest BCUT2D eigenvalue weighted by molar-refractivity contribution is -0.147. The molecule has 1 saturated heterocycles. The Morgan fingerprint density at radius 1 is 1.20 bits per heavy atom. The largest absolute Gasteiger partial charge is 0.468 e. The van der Waals surface area contributed by atoms with Gasteiger partial charge in [-0.1, -0.05) is 37.5 Å². The predicted octanol–water partition coefficient (Wildman–Crippen LogP) is 2.18. The number of amides is 3. The molecule has 3 rings (SSSR count). The molecule has 1 aliphatic heterocycles. The van der Waals surface area contributed by atoms with Crippen molar-refractivity contribution in [3.05, 3.63) is 35.6 Å². The van der Waals surface area contributed by atoms with Gasteiger partial charge >= 0.3 is 5.97 Å². The maximum Gasteiger partial charge on any atom is 0.325 e. The topological polar surface area (TPSA) is 84.0 Å². The molecule has 162 valence electrons. The van der Waals surface area contributed by atoms with Crippen LogP contribution in [0.1, 0.15) is 50.5 Å². The molecule has 30 heavy (non-hydrogen) atoms. The summed E-state index contributed by atoms with van der Waals surface area (Å²) in [6.07, 6.45) is 3.70. The van der Waals surface area contributed by atoms with Gasteiger partial charge in [-0.3, -0.25) is 24.1 Å². The fourth-order valence-corrected chi connectivity index (χ4v) is 4.50. The third-order valence-corrected chi connectivity index (χ3v) is 6.15. The lowest BCUT2D eigenvalue weighted by Gasteiger charge is -2.33. The first-order chi connectivity index (χ1) is 14.3. The highest BCUT2D eigenvalue weighted by Crippen LogP contribution is 2.43. The molecule has 1 aromatic rings. The molecular weight excluding hydrogens is 391 g/mol. The summed E-state index contributed by atoms with van der Waals surface area (Å²) in [7, 11) is 2.62. The van der Waals surface area contributed by atoms with Crippen LogP contribution in [0.4, 0.5) is 4.39 Å². The number of likely N-dealkylation sites (N-methyl/N-ethyl adjacent to an activating group) is 1. The predicted molar refractivity (Wildman–Crippen MR) is 106 cm³/mol. The van der Waals surface area contributed by atoms with Gasteiger partial charge in [-0.25, -0.2) is 4.39 Å². The molecule has 7 nitrogen and oxygen atoms in total. The number of carbonyl (C=O) groups is 4. The Labute approximate surface area is 175 Å². The number of methoxy groups -OCH3 is 1. The number of nitrogens with zero attached hydrogens (tertiary/aromatic N) is 2. The van der Waals surface area contributed by atoms with E-state index >= 15 is 0 Å². The lowest BCUT2D eigenvalue weighted by atomic mass is 9.75. The van der Waals surface area contributed by atoms with Crippen LogP contribution in [0.3, 0.4) is 0 Å². The second kappa shape index (κ2) is 8.93. The number of halogens is 1. The van der Waals surface area contributed by atoms with Gasteiger partial charge in [-0.05, 0) is 18.9 Å². The summed E-state index contributed by atoms with van der Waals surface area (Å²) in [5, 5.41) is 0. The number of likely N-dealkylation sites (tertiary alicyclic amines) is 1. The Hall–Kier alpha value is -2.77. The van der Waals surface area contributed by atoms with Crippen LogP contribution in [0.5, 0.6) is 0 Å². The number of hydrogen-bond donors (Lipinski definition) is 0. The minimum atomic E-state index is -1.61. The highest BCUT2D eigenvalue weighted by molar-refractivity contribution is 6.11. The van der Waals surface area contributed by atoms with Gasteiger partial charge in [0.1, 0.15) is 12.4 Å². The second-order valence-electron chi connectivity index (χ2n) is 8.10. The number of rotatable bonds is 6. The maximum atomic E-state index is 14.8. The van der Waals surface area contributed by atoms with Crippen molar-refractivity contribution in [1.82, 2.24) is 9.80 Å². The summed E-state index contributed by atoms with van der Waals surface area (Å²) < 4.78 is 19.4. The van der Waals surface area contributed by atoms with Gasteiger partial charge in [0.2, 0.25) is 17.7 Å². The quantitative estimate of drug-likeness (QED) is 0.522. The van der Waals surface area contributed by atoms with Gasteiger partial charge in [0, 0.05) is 31.5 Å². The normalized spacial score (nSPS) is 22.3. The zero-order valence-corrected chi connectivity index (χ0v) is 17.4. The molecule has 0 N–H and O–H groups in total. The standard InChI is InChI=1S/C22H27FN2O5/c1-24(14-20(28)30-2)18(26)12-22(16-10-6-7-11-17(16)23)13-19(27)25(21(22)29)15-8-4-3-5-9-15/h6-7,10-11,15H,3-5,8-9,12-14H2,1-2H3/t22-/m0/s1. The molecule has 1 saturated carbocycles. The summed E-state index contributed by atoms with van der Waals surface area (Å²) in [5.41, 5.74) is -1.57. The van der Waals surface area contributed by atoms with Crippen molar-refractivity contribution in [2.75, 3.05) is 20.7 Å². The summed E-state index contributed by atoms with van der Waals surface area (Å²) in [5.74, 6) is -2.67. The van der Waals surface area contributed by atoms with E-state index in [9.17, 15) is 23.6 Å². The molecule has 0 unspecified atom stereocenters. The Bertz CT molecular complexity index is 852. The molecule has 3 amide bonds. The average molecular weight is 418 g/mol. The van der Waals surface area contributed by atoms with Gasteiger partial charge in [-0.15, -0.1) is 0 Å². The van der Waals surface area contributed by atoms with Crippen LogP contribution in [0.15, 0.2) is 24.3 Å². The number of benzene rings is 1. The molecule has 8 heteroatoms. The van der Waals surface area contributed by atoms with E-state index in [1.807, 2.05) is 0 Å². The monoisotopic (exact) mass is 418 g/mol. The van der Waals surface area contributed by atoms with E-state index in [4.69, 9.17) is 0 Å². The van der Waals surface area contributed by atoms with Crippen molar-refractivity contribution in [3.8, 4) is 0 Å². The second-order valence-corrected chi connectivity index (χ2v) is 8.10. The highest BCUT2D eigenvalue weighted by atomic mass is 19.1. The van der Waals surface area contributed by atoms with E-state index in [0.717, 1.165) is 37.0 Å². The summed E-state index contributed by atoms with van der Waals surface area (Å²) >= 11 is 0. The highest BCUT2D eigenvalue weighted by Gasteiger charge is 2.56. The summed E-state index contributed by atoms with van der Waals surface area (Å²) in [4.78, 5) is 53.4. The molecule has 1 aromatic carbocycles. The SMILES string of the molecule is COC(=O)CN(C)C(=O)C[C@@]1(c2ccccc2F)CC(=O)N(C2CCCCC2)C1=O. The molecule has 2 aliphatic rings. The van der Waals surface area contributed by atoms with E-state index in [-0.39, 0.29) is 30.5 Å². The number of carbonyl (C=O) groups excluding carboxylic acids is 4. The molecule has 0 bridgehead atoms. The van der Waals surface area contributed by atoms with E-state index in [1.54, 1.807) is 6.07 Å². The number of esters is 1. The Kier molecular flexibility index (Phi) is 6.53. The first-order valence-electron chi connectivity index (χ1n) is 10.2. The van der Waals surface area contributed by atoms with Crippen molar-refractivity contribution in [2.24, 2.45) is 0 Å². The summed E-state index contributed by atoms with van der Waals surface area (Å²) in [6, 6.07) is 5.55. The minimum Gasteiger partial charge on any atom is -0.468 e. The summed E-state index contributed by atoms with van der Waals surface area (Å²) in [6.45, 7) is -0.294. The van der Waals surface area contributed by atoms with Crippen molar-refractivity contribution in [3.63, 3.8) is 0 Å². The van der Waals surface area contributed by atoms with E-state index in [0.29, 0.717) is 0 Å². The van der Waals surface area contributed by atoms with E-state index < -0.39 is 35.4 Å².